The van der Waals surface area contributed by atoms with Gasteiger partial charge in [0.1, 0.15) is 12.7 Å². The Bertz CT molecular complexity index is 142. The maximum atomic E-state index is 5.54. The summed E-state index contributed by atoms with van der Waals surface area (Å²) in [6.07, 6.45) is 0.662. The summed E-state index contributed by atoms with van der Waals surface area (Å²) in [7, 11) is 1.59. The van der Waals surface area contributed by atoms with E-state index < -0.39 is 5.79 Å². The van der Waals surface area contributed by atoms with E-state index in [-0.39, 0.29) is 12.2 Å². The molecule has 0 unspecified atom stereocenters. The van der Waals surface area contributed by atoms with Crippen LogP contribution in [0.3, 0.4) is 0 Å². The van der Waals surface area contributed by atoms with Crippen molar-refractivity contribution in [3.05, 3.63) is 0 Å². The first-order valence-corrected chi connectivity index (χ1v) is 4.65. The second kappa shape index (κ2) is 4.37. The zero-order valence-electron chi connectivity index (χ0n) is 8.70. The summed E-state index contributed by atoms with van der Waals surface area (Å²) in [6, 6.07) is 0. The smallest absolute Gasteiger partial charge is 0.224 e. The van der Waals surface area contributed by atoms with E-state index in [9.17, 15) is 0 Å². The third-order valence-electron chi connectivity index (χ3n) is 2.49. The van der Waals surface area contributed by atoms with E-state index in [4.69, 9.17) is 19.2 Å². The van der Waals surface area contributed by atoms with Gasteiger partial charge in [-0.05, 0) is 13.8 Å². The van der Waals surface area contributed by atoms with Gasteiger partial charge < -0.3 is 9.47 Å². The lowest BCUT2D eigenvalue weighted by molar-refractivity contribution is -0.431. The monoisotopic (exact) mass is 190 g/mol. The van der Waals surface area contributed by atoms with Crippen LogP contribution in [-0.2, 0) is 19.2 Å². The maximum Gasteiger partial charge on any atom is 0.224 e. The fourth-order valence-corrected chi connectivity index (χ4v) is 1.06. The molecule has 4 nitrogen and oxygen atoms in total. The summed E-state index contributed by atoms with van der Waals surface area (Å²) in [5.41, 5.74) is 0. The summed E-state index contributed by atoms with van der Waals surface area (Å²) < 4.78 is 10.8. The Labute approximate surface area is 79.0 Å². The topological polar surface area (TPSA) is 36.9 Å². The van der Waals surface area contributed by atoms with E-state index in [0.29, 0.717) is 13.0 Å². The van der Waals surface area contributed by atoms with Crippen LogP contribution in [0.15, 0.2) is 0 Å². The SMILES string of the molecule is CC[C@@]1(OC)CO[C@H](C)[C@@H](C)OO1. The van der Waals surface area contributed by atoms with E-state index >= 15 is 0 Å². The zero-order chi connectivity index (χ0) is 9.90. The summed E-state index contributed by atoms with van der Waals surface area (Å²) >= 11 is 0. The molecule has 1 rings (SSSR count). The molecular weight excluding hydrogens is 172 g/mol. The van der Waals surface area contributed by atoms with E-state index in [1.165, 1.54) is 0 Å². The van der Waals surface area contributed by atoms with Gasteiger partial charge in [-0.2, -0.15) is 4.89 Å². The number of hydrogen-bond donors (Lipinski definition) is 0. The summed E-state index contributed by atoms with van der Waals surface area (Å²) in [5.74, 6) is -0.737. The van der Waals surface area contributed by atoms with Crippen LogP contribution in [0.4, 0.5) is 0 Å². The number of rotatable bonds is 2. The molecule has 1 aliphatic heterocycles. The molecule has 0 N–H and O–H groups in total. The largest absolute Gasteiger partial charge is 0.370 e. The highest BCUT2D eigenvalue weighted by Crippen LogP contribution is 2.24. The lowest BCUT2D eigenvalue weighted by atomic mass is 10.2. The highest BCUT2D eigenvalue weighted by atomic mass is 17.2. The van der Waals surface area contributed by atoms with Crippen LogP contribution in [0.25, 0.3) is 0 Å². The van der Waals surface area contributed by atoms with Crippen LogP contribution >= 0.6 is 0 Å². The van der Waals surface area contributed by atoms with Crippen LogP contribution < -0.4 is 0 Å². The van der Waals surface area contributed by atoms with Gasteiger partial charge in [0.05, 0.1) is 6.10 Å². The molecule has 13 heavy (non-hydrogen) atoms. The van der Waals surface area contributed by atoms with Crippen molar-refractivity contribution >= 4 is 0 Å². The molecule has 3 atom stereocenters. The highest BCUT2D eigenvalue weighted by Gasteiger charge is 2.36. The van der Waals surface area contributed by atoms with Crippen molar-refractivity contribution in [1.82, 2.24) is 0 Å². The Morgan fingerprint density at radius 2 is 2.08 bits per heavy atom. The minimum atomic E-state index is -0.737. The molecule has 0 aromatic carbocycles. The molecule has 0 aromatic heterocycles. The van der Waals surface area contributed by atoms with E-state index in [1.807, 2.05) is 20.8 Å². The van der Waals surface area contributed by atoms with E-state index in [0.717, 1.165) is 0 Å². The molecule has 1 aliphatic rings. The van der Waals surface area contributed by atoms with Gasteiger partial charge >= 0.3 is 0 Å². The number of ether oxygens (including phenoxy) is 2. The van der Waals surface area contributed by atoms with E-state index in [2.05, 4.69) is 0 Å². The molecule has 78 valence electrons. The van der Waals surface area contributed by atoms with Crippen molar-refractivity contribution in [3.8, 4) is 0 Å². The first kappa shape index (κ1) is 10.9. The molecule has 0 aliphatic carbocycles. The molecule has 1 heterocycles. The molecule has 4 heteroatoms. The van der Waals surface area contributed by atoms with Crippen molar-refractivity contribution in [1.29, 1.82) is 0 Å². The molecule has 0 bridgehead atoms. The first-order chi connectivity index (χ1) is 6.13. The second-order valence-electron chi connectivity index (χ2n) is 3.37. The van der Waals surface area contributed by atoms with Gasteiger partial charge in [-0.25, -0.2) is 4.89 Å². The lowest BCUT2D eigenvalue weighted by Crippen LogP contribution is -2.38. The third kappa shape index (κ3) is 2.40. The Morgan fingerprint density at radius 3 is 2.62 bits per heavy atom. The average molecular weight is 190 g/mol. The van der Waals surface area contributed by atoms with Crippen molar-refractivity contribution in [2.45, 2.75) is 45.2 Å². The molecule has 0 spiro atoms. The molecule has 1 fully saturated rings. The van der Waals surface area contributed by atoms with E-state index in [1.54, 1.807) is 7.11 Å². The van der Waals surface area contributed by atoms with Gasteiger partial charge in [-0.3, -0.25) is 0 Å². The molecule has 1 saturated heterocycles. The van der Waals surface area contributed by atoms with Gasteiger partial charge in [0.2, 0.25) is 5.79 Å². The summed E-state index contributed by atoms with van der Waals surface area (Å²) in [4.78, 5) is 10.4. The quantitative estimate of drug-likeness (QED) is 0.618. The maximum absolute atomic E-state index is 5.54. The summed E-state index contributed by atoms with van der Waals surface area (Å²) in [5, 5.41) is 0. The zero-order valence-corrected chi connectivity index (χ0v) is 8.70. The fourth-order valence-electron chi connectivity index (χ4n) is 1.06. The Balaban J connectivity index is 2.61. The van der Waals surface area contributed by atoms with Gasteiger partial charge in [-0.15, -0.1) is 0 Å². The van der Waals surface area contributed by atoms with Crippen LogP contribution in [0.2, 0.25) is 0 Å². The van der Waals surface area contributed by atoms with Crippen LogP contribution in [0, 0.1) is 0 Å². The number of hydrogen-bond acceptors (Lipinski definition) is 4. The van der Waals surface area contributed by atoms with Crippen LogP contribution in [0.1, 0.15) is 27.2 Å². The minimum Gasteiger partial charge on any atom is -0.370 e. The Morgan fingerprint density at radius 1 is 1.38 bits per heavy atom. The van der Waals surface area contributed by atoms with Crippen molar-refractivity contribution in [2.24, 2.45) is 0 Å². The van der Waals surface area contributed by atoms with Crippen molar-refractivity contribution < 1.29 is 19.2 Å². The molecule has 0 saturated carbocycles. The summed E-state index contributed by atoms with van der Waals surface area (Å²) in [6.45, 7) is 6.24. The molecular formula is C9H18O4. The number of methoxy groups -OCH3 is 1. The molecule has 0 aromatic rings. The fraction of sp³-hybridized carbons (Fsp3) is 1.00. The van der Waals surface area contributed by atoms with Crippen LogP contribution in [-0.4, -0.2) is 31.7 Å². The van der Waals surface area contributed by atoms with Gasteiger partial charge in [0.25, 0.3) is 0 Å². The predicted octanol–water partition coefficient (Wildman–Crippen LogP) is 1.49. The minimum absolute atomic E-state index is 0.0311. The van der Waals surface area contributed by atoms with Gasteiger partial charge in [0.15, 0.2) is 0 Å². The van der Waals surface area contributed by atoms with Crippen LogP contribution in [0.5, 0.6) is 0 Å². The average Bonchev–Trinajstić information content (AvgIpc) is 2.30. The molecule has 0 radical (unpaired) electrons. The van der Waals surface area contributed by atoms with Gasteiger partial charge in [0, 0.05) is 13.5 Å². The van der Waals surface area contributed by atoms with Crippen molar-refractivity contribution in [3.63, 3.8) is 0 Å². The highest BCUT2D eigenvalue weighted by molar-refractivity contribution is 4.70. The Kier molecular flexibility index (Phi) is 3.67. The lowest BCUT2D eigenvalue weighted by Gasteiger charge is -2.26. The second-order valence-corrected chi connectivity index (χ2v) is 3.37. The Hall–Kier alpha value is -0.160. The predicted molar refractivity (Wildman–Crippen MR) is 47.1 cm³/mol. The first-order valence-electron chi connectivity index (χ1n) is 4.65. The molecule has 0 amide bonds. The van der Waals surface area contributed by atoms with Crippen molar-refractivity contribution in [2.75, 3.05) is 13.7 Å². The van der Waals surface area contributed by atoms with Gasteiger partial charge in [-0.1, -0.05) is 6.92 Å². The third-order valence-corrected chi connectivity index (χ3v) is 2.49. The standard InChI is InChI=1S/C9H18O4/c1-5-9(10-4)6-11-7(2)8(3)12-13-9/h7-8H,5-6H2,1-4H3/t7-,8-,9+/m1/s1. The normalized spacial score (nSPS) is 41.5.